The van der Waals surface area contributed by atoms with Crippen LogP contribution in [0.2, 0.25) is 0 Å². The smallest absolute Gasteiger partial charge is 0.237 e. The molecule has 156 valence electrons. The molecule has 0 spiro atoms. The Morgan fingerprint density at radius 1 is 0.966 bits per heavy atom. The van der Waals surface area contributed by atoms with Crippen molar-refractivity contribution in [3.63, 3.8) is 0 Å². The molecule has 0 bridgehead atoms. The summed E-state index contributed by atoms with van der Waals surface area (Å²) in [5, 5.41) is 5.57. The van der Waals surface area contributed by atoms with Gasteiger partial charge in [-0.3, -0.25) is 9.59 Å². The Labute approximate surface area is 177 Å². The van der Waals surface area contributed by atoms with Gasteiger partial charge in [0.05, 0.1) is 17.6 Å². The van der Waals surface area contributed by atoms with Gasteiger partial charge in [-0.15, -0.1) is 11.8 Å². The summed E-state index contributed by atoms with van der Waals surface area (Å²) in [6.07, 6.45) is 1.71. The van der Waals surface area contributed by atoms with Crippen LogP contribution in [0.5, 0.6) is 5.75 Å². The molecule has 2 aromatic rings. The molecule has 2 aromatic carbocycles. The first-order chi connectivity index (χ1) is 14.0. The fourth-order valence-electron chi connectivity index (χ4n) is 2.90. The fraction of sp³-hybridized carbons (Fsp3) is 0.391. The number of anilines is 2. The van der Waals surface area contributed by atoms with E-state index in [1.807, 2.05) is 44.2 Å². The standard InChI is InChI=1S/C23H30N2O3S/c1-5-17-9-8-10-18(6-2)22(17)25-23(27)16(4)29-15-21(26)24-19-11-13-20(14-12-19)28-7-3/h8-14,16H,5-7,15H2,1-4H3,(H,24,26)(H,25,27)/t16-/m0/s1. The van der Waals surface area contributed by atoms with Gasteiger partial charge in [0.2, 0.25) is 11.8 Å². The van der Waals surface area contributed by atoms with Crippen LogP contribution in [0.3, 0.4) is 0 Å². The number of carbonyl (C=O) groups excluding carboxylic acids is 2. The molecule has 0 saturated carbocycles. The lowest BCUT2D eigenvalue weighted by Gasteiger charge is -2.17. The third kappa shape index (κ3) is 6.82. The van der Waals surface area contributed by atoms with Crippen LogP contribution in [0, 0.1) is 0 Å². The number of benzene rings is 2. The predicted molar refractivity (Wildman–Crippen MR) is 122 cm³/mol. The van der Waals surface area contributed by atoms with E-state index in [9.17, 15) is 9.59 Å². The van der Waals surface area contributed by atoms with Gasteiger partial charge in [-0.2, -0.15) is 0 Å². The molecule has 6 heteroatoms. The van der Waals surface area contributed by atoms with Gasteiger partial charge >= 0.3 is 0 Å². The second-order valence-corrected chi connectivity index (χ2v) is 7.94. The lowest BCUT2D eigenvalue weighted by Crippen LogP contribution is -2.26. The van der Waals surface area contributed by atoms with Gasteiger partial charge in [0.25, 0.3) is 0 Å². The molecular weight excluding hydrogens is 384 g/mol. The highest BCUT2D eigenvalue weighted by molar-refractivity contribution is 8.01. The molecule has 0 fully saturated rings. The van der Waals surface area contributed by atoms with Gasteiger partial charge in [0.15, 0.2) is 0 Å². The van der Waals surface area contributed by atoms with Gasteiger partial charge in [-0.25, -0.2) is 0 Å². The zero-order valence-electron chi connectivity index (χ0n) is 17.6. The van der Waals surface area contributed by atoms with Crippen LogP contribution >= 0.6 is 11.8 Å². The van der Waals surface area contributed by atoms with Crippen molar-refractivity contribution in [2.24, 2.45) is 0 Å². The van der Waals surface area contributed by atoms with E-state index in [-0.39, 0.29) is 22.8 Å². The second kappa shape index (κ2) is 11.5. The maximum atomic E-state index is 12.6. The van der Waals surface area contributed by atoms with Crippen LogP contribution < -0.4 is 15.4 Å². The molecule has 2 N–H and O–H groups in total. The van der Waals surface area contributed by atoms with Gasteiger partial charge in [-0.05, 0) is 62.1 Å². The summed E-state index contributed by atoms with van der Waals surface area (Å²) in [5.41, 5.74) is 3.88. The van der Waals surface area contributed by atoms with E-state index in [1.54, 1.807) is 12.1 Å². The Hall–Kier alpha value is -2.47. The number of aryl methyl sites for hydroxylation is 2. The van der Waals surface area contributed by atoms with Gasteiger partial charge < -0.3 is 15.4 Å². The number of thioether (sulfide) groups is 1. The minimum atomic E-state index is -0.337. The molecule has 2 amide bonds. The number of ether oxygens (including phenoxy) is 1. The van der Waals surface area contributed by atoms with Gasteiger partial charge in [0, 0.05) is 11.4 Å². The van der Waals surface area contributed by atoms with Crippen LogP contribution in [-0.2, 0) is 22.4 Å². The summed E-state index contributed by atoms with van der Waals surface area (Å²) >= 11 is 1.32. The topological polar surface area (TPSA) is 67.4 Å². The second-order valence-electron chi connectivity index (χ2n) is 6.61. The predicted octanol–water partition coefficient (Wildman–Crippen LogP) is 4.91. The van der Waals surface area contributed by atoms with E-state index in [0.29, 0.717) is 12.3 Å². The van der Waals surface area contributed by atoms with Crippen LogP contribution in [-0.4, -0.2) is 29.4 Å². The molecule has 0 unspecified atom stereocenters. The maximum absolute atomic E-state index is 12.6. The van der Waals surface area contributed by atoms with E-state index in [0.717, 1.165) is 35.4 Å². The zero-order valence-corrected chi connectivity index (χ0v) is 18.4. The number of para-hydroxylation sites is 1. The molecule has 0 aliphatic carbocycles. The summed E-state index contributed by atoms with van der Waals surface area (Å²) < 4.78 is 5.39. The number of rotatable bonds is 10. The molecule has 0 aliphatic heterocycles. The molecule has 0 heterocycles. The summed E-state index contributed by atoms with van der Waals surface area (Å²) in [7, 11) is 0. The molecule has 29 heavy (non-hydrogen) atoms. The van der Waals surface area contributed by atoms with Crippen molar-refractivity contribution in [2.75, 3.05) is 23.0 Å². The maximum Gasteiger partial charge on any atom is 0.237 e. The van der Waals surface area contributed by atoms with Crippen molar-refractivity contribution in [1.29, 1.82) is 0 Å². The average Bonchev–Trinajstić information content (AvgIpc) is 2.73. The summed E-state index contributed by atoms with van der Waals surface area (Å²) in [4.78, 5) is 24.9. The van der Waals surface area contributed by atoms with E-state index >= 15 is 0 Å². The van der Waals surface area contributed by atoms with Crippen molar-refractivity contribution in [2.45, 2.75) is 45.8 Å². The Balaban J connectivity index is 1.87. The largest absolute Gasteiger partial charge is 0.494 e. The third-order valence-electron chi connectivity index (χ3n) is 4.53. The van der Waals surface area contributed by atoms with E-state index < -0.39 is 0 Å². The quantitative estimate of drug-likeness (QED) is 0.580. The summed E-state index contributed by atoms with van der Waals surface area (Å²) in [6, 6.07) is 13.3. The highest BCUT2D eigenvalue weighted by atomic mass is 32.2. The normalized spacial score (nSPS) is 11.6. The highest BCUT2D eigenvalue weighted by Crippen LogP contribution is 2.24. The number of nitrogens with one attached hydrogen (secondary N) is 2. The lowest BCUT2D eigenvalue weighted by molar-refractivity contribution is -0.115. The average molecular weight is 415 g/mol. The van der Waals surface area contributed by atoms with Crippen molar-refractivity contribution < 1.29 is 14.3 Å². The molecule has 5 nitrogen and oxygen atoms in total. The van der Waals surface area contributed by atoms with Gasteiger partial charge in [-0.1, -0.05) is 32.0 Å². The monoisotopic (exact) mass is 414 g/mol. The lowest BCUT2D eigenvalue weighted by atomic mass is 10.0. The zero-order chi connectivity index (χ0) is 21.2. The number of amides is 2. The Morgan fingerprint density at radius 3 is 2.14 bits per heavy atom. The summed E-state index contributed by atoms with van der Waals surface area (Å²) in [6.45, 7) is 8.50. The minimum absolute atomic E-state index is 0.0838. The molecule has 1 atom stereocenters. The van der Waals surface area contributed by atoms with Crippen LogP contribution in [0.15, 0.2) is 42.5 Å². The van der Waals surface area contributed by atoms with Gasteiger partial charge in [0.1, 0.15) is 5.75 Å². The summed E-state index contributed by atoms with van der Waals surface area (Å²) in [5.74, 6) is 0.753. The minimum Gasteiger partial charge on any atom is -0.494 e. The molecule has 0 saturated heterocycles. The molecule has 2 rings (SSSR count). The highest BCUT2D eigenvalue weighted by Gasteiger charge is 2.18. The third-order valence-corrected chi connectivity index (χ3v) is 5.67. The van der Waals surface area contributed by atoms with E-state index in [4.69, 9.17) is 4.74 Å². The van der Waals surface area contributed by atoms with E-state index in [1.165, 1.54) is 11.8 Å². The number of carbonyl (C=O) groups is 2. The van der Waals surface area contributed by atoms with Crippen molar-refractivity contribution in [3.8, 4) is 5.75 Å². The Bertz CT molecular complexity index is 799. The molecule has 0 radical (unpaired) electrons. The molecular formula is C23H30N2O3S. The van der Waals surface area contributed by atoms with Crippen molar-refractivity contribution in [1.82, 2.24) is 0 Å². The first-order valence-corrected chi connectivity index (χ1v) is 11.1. The first kappa shape index (κ1) is 22.8. The van der Waals surface area contributed by atoms with E-state index in [2.05, 4.69) is 24.5 Å². The SMILES string of the molecule is CCOc1ccc(NC(=O)CS[C@@H](C)C(=O)Nc2c(CC)cccc2CC)cc1. The fourth-order valence-corrected chi connectivity index (χ4v) is 3.59. The first-order valence-electron chi connectivity index (χ1n) is 10.0. The van der Waals surface area contributed by atoms with Crippen LogP contribution in [0.25, 0.3) is 0 Å². The number of hydrogen-bond acceptors (Lipinski definition) is 4. The number of hydrogen-bond donors (Lipinski definition) is 2. The van der Waals surface area contributed by atoms with Crippen molar-refractivity contribution in [3.05, 3.63) is 53.6 Å². The van der Waals surface area contributed by atoms with Crippen molar-refractivity contribution >= 4 is 35.0 Å². The molecule has 0 aromatic heterocycles. The Morgan fingerprint density at radius 2 is 1.59 bits per heavy atom. The van der Waals surface area contributed by atoms with Crippen LogP contribution in [0.1, 0.15) is 38.8 Å². The van der Waals surface area contributed by atoms with Crippen LogP contribution in [0.4, 0.5) is 11.4 Å². The molecule has 0 aliphatic rings. The Kier molecular flexibility index (Phi) is 9.06.